The van der Waals surface area contributed by atoms with Crippen LogP contribution in [0.25, 0.3) is 0 Å². The summed E-state index contributed by atoms with van der Waals surface area (Å²) in [6, 6.07) is 0. The van der Waals surface area contributed by atoms with Crippen molar-refractivity contribution in [1.82, 2.24) is 0 Å². The van der Waals surface area contributed by atoms with E-state index in [0.717, 1.165) is 0 Å². The summed E-state index contributed by atoms with van der Waals surface area (Å²) in [6.07, 6.45) is 0. The smallest absolute Gasteiger partial charge is 0.333 e. The summed E-state index contributed by atoms with van der Waals surface area (Å²) < 4.78 is 4.56. The van der Waals surface area contributed by atoms with Crippen molar-refractivity contribution in [1.29, 1.82) is 0 Å². The van der Waals surface area contributed by atoms with Crippen LogP contribution in [0.4, 0.5) is 0 Å². The Morgan fingerprint density at radius 3 is 2.22 bits per heavy atom. The lowest BCUT2D eigenvalue weighted by atomic mass is 10.4. The maximum absolute atomic E-state index is 10.4. The molecule has 0 N–H and O–H groups in total. The molecule has 0 unspecified atom stereocenters. The predicted octanol–water partition coefficient (Wildman–Crippen LogP) is 1.76. The van der Waals surface area contributed by atoms with Crippen molar-refractivity contribution in [3.63, 3.8) is 0 Å². The Labute approximate surface area is 56.5 Å². The van der Waals surface area contributed by atoms with Gasteiger partial charge >= 0.3 is 5.97 Å². The molecule has 0 fully saturated rings. The van der Waals surface area contributed by atoms with E-state index in [0.29, 0.717) is 12.2 Å². The Bertz CT molecular complexity index is 105. The van der Waals surface area contributed by atoms with Crippen LogP contribution in [0.1, 0.15) is 21.3 Å². The molecule has 0 radical (unpaired) electrons. The first-order chi connectivity index (χ1) is 3.68. The Balaban J connectivity index is 0. The molecule has 54 valence electrons. The molecule has 0 rings (SSSR count). The largest absolute Gasteiger partial charge is 0.463 e. The minimum absolute atomic E-state index is 0. The van der Waals surface area contributed by atoms with E-state index in [-0.39, 0.29) is 13.4 Å². The van der Waals surface area contributed by atoms with Crippen LogP contribution in [0, 0.1) is 0 Å². The minimum atomic E-state index is -0.312. The van der Waals surface area contributed by atoms with E-state index in [4.69, 9.17) is 0 Å². The van der Waals surface area contributed by atoms with E-state index >= 15 is 0 Å². The quantitative estimate of drug-likeness (QED) is 0.383. The zero-order valence-corrected chi connectivity index (χ0v) is 5.23. The van der Waals surface area contributed by atoms with Gasteiger partial charge in [-0.05, 0) is 13.8 Å². The molecule has 0 aromatic rings. The molecule has 0 amide bonds. The number of carbonyl (C=O) groups excluding carboxylic acids is 1. The molecule has 0 aliphatic rings. The third-order valence-corrected chi connectivity index (χ3v) is 0.624. The highest BCUT2D eigenvalue weighted by molar-refractivity contribution is 5.86. The fourth-order valence-electron chi connectivity index (χ4n) is 0.254. The van der Waals surface area contributed by atoms with E-state index in [9.17, 15) is 4.79 Å². The van der Waals surface area contributed by atoms with E-state index in [1.807, 2.05) is 0 Å². The predicted molar refractivity (Wildman–Crippen MR) is 38.2 cm³/mol. The Hall–Kier alpha value is -0.790. The normalized spacial score (nSPS) is 7.33. The molecule has 2 nitrogen and oxygen atoms in total. The molecule has 0 atom stereocenters. The van der Waals surface area contributed by atoms with Gasteiger partial charge < -0.3 is 4.74 Å². The summed E-state index contributed by atoms with van der Waals surface area (Å²) in [6.45, 7) is 7.21. The van der Waals surface area contributed by atoms with Crippen molar-refractivity contribution in [2.75, 3.05) is 6.61 Å². The maximum Gasteiger partial charge on any atom is 0.333 e. The molecule has 0 aliphatic heterocycles. The summed E-state index contributed by atoms with van der Waals surface area (Å²) in [7, 11) is 0. The van der Waals surface area contributed by atoms with Crippen molar-refractivity contribution >= 4 is 5.97 Å². The molecule has 2 heteroatoms. The number of esters is 1. The van der Waals surface area contributed by atoms with Crippen LogP contribution in [0.3, 0.4) is 0 Å². The molecule has 0 aromatic carbocycles. The van der Waals surface area contributed by atoms with Gasteiger partial charge in [0.1, 0.15) is 0 Å². The van der Waals surface area contributed by atoms with E-state index in [2.05, 4.69) is 11.3 Å². The summed E-state index contributed by atoms with van der Waals surface area (Å²) >= 11 is 0. The van der Waals surface area contributed by atoms with Crippen molar-refractivity contribution in [3.8, 4) is 0 Å². The highest BCUT2D eigenvalue weighted by atomic mass is 438. The number of rotatable bonds is 2. The van der Waals surface area contributed by atoms with Gasteiger partial charge in [0.15, 0.2) is 0 Å². The third-order valence-electron chi connectivity index (χ3n) is 0.624. The average molecular weight is 556 g/mol. The minimum Gasteiger partial charge on any atom is -0.463 e. The fraction of sp³-hybridized carbons (Fsp3) is 0.571. The number of ether oxygens (including phenoxy) is 1. The summed E-state index contributed by atoms with van der Waals surface area (Å²) in [5.74, 6) is -0.312. The van der Waals surface area contributed by atoms with Gasteiger partial charge in [0.25, 0.3) is 0 Å². The number of hydrogen-bond donors (Lipinski definition) is 0. The topological polar surface area (TPSA) is 26.3 Å². The third kappa shape index (κ3) is 5.07. The summed E-state index contributed by atoms with van der Waals surface area (Å²) in [4.78, 5) is 10.4. The van der Waals surface area contributed by atoms with E-state index < -0.39 is 0 Å². The molecule has 0 heterocycles. The fourth-order valence-corrected chi connectivity index (χ4v) is 0.254. The average Bonchev–Trinajstić information content (AvgIpc) is 1.67. The van der Waals surface area contributed by atoms with Crippen molar-refractivity contribution in [3.05, 3.63) is 12.2 Å². The highest BCUT2D eigenvalue weighted by Crippen LogP contribution is 1.89. The van der Waals surface area contributed by atoms with Crippen LogP contribution >= 0.6 is 0 Å². The Morgan fingerprint density at radius 2 is 2.11 bits per heavy atom. The lowest BCUT2D eigenvalue weighted by Gasteiger charge is -1.96. The zero-order chi connectivity index (χ0) is 6.57. The molecule has 0 saturated heterocycles. The Kier molecular flexibility index (Phi) is 6.58. The van der Waals surface area contributed by atoms with Gasteiger partial charge in [0.05, 0.1) is 6.61 Å². The van der Waals surface area contributed by atoms with E-state index in [1.165, 1.54) is 0 Å². The second kappa shape index (κ2) is 5.35. The van der Waals surface area contributed by atoms with Crippen molar-refractivity contribution in [2.24, 2.45) is 0 Å². The molecule has 0 spiro atoms. The molecule has 0 aliphatic carbocycles. The first-order valence-electron chi connectivity index (χ1n) is 2.51. The molecule has 9 heavy (non-hydrogen) atoms. The first kappa shape index (κ1) is 11.1. The van der Waals surface area contributed by atoms with Crippen LogP contribution in [0.15, 0.2) is 12.2 Å². The standard InChI is InChI=1S/C6H10O2.CH4/c1-4-8-6(7)5(2)3;/h2,4H2,1,3H3;1H4/i;1-81. The molecule has 0 bridgehead atoms. The molecular weight excluding hydrogens is 542 g/mol. The van der Waals surface area contributed by atoms with Crippen LogP contribution in [0.2, 0.25) is 0 Å². The number of carbonyl (C=O) groups is 1. The van der Waals surface area contributed by atoms with Gasteiger partial charge in [-0.15, -0.1) is 0 Å². The second-order valence-corrected chi connectivity index (χ2v) is 1.50. The van der Waals surface area contributed by atoms with Crippen molar-refractivity contribution < 1.29 is 9.53 Å². The molecule has 0 saturated carbocycles. The van der Waals surface area contributed by atoms with Gasteiger partial charge in [-0.1, -0.05) is 14.0 Å². The first-order valence-corrected chi connectivity index (χ1v) is 2.51. The van der Waals surface area contributed by atoms with Crippen LogP contribution in [-0.4, -0.2) is 12.6 Å². The van der Waals surface area contributed by atoms with Gasteiger partial charge in [0, 0.05) is 5.57 Å². The highest BCUT2D eigenvalue weighted by Gasteiger charge is 1.98. The monoisotopic (exact) mass is 556 g/mol. The van der Waals surface area contributed by atoms with Gasteiger partial charge in [-0.25, -0.2) is 4.79 Å². The summed E-state index contributed by atoms with van der Waals surface area (Å²) in [5, 5.41) is 0. The maximum atomic E-state index is 10.4. The second-order valence-electron chi connectivity index (χ2n) is 1.50. The van der Waals surface area contributed by atoms with Crippen molar-refractivity contribution in [2.45, 2.75) is 21.3 Å². The summed E-state index contributed by atoms with van der Waals surface area (Å²) in [5.41, 5.74) is 0.451. The lowest BCUT2D eigenvalue weighted by Crippen LogP contribution is -2.03. The van der Waals surface area contributed by atoms with Gasteiger partial charge in [0.2, 0.25) is 0 Å². The number of hydrogen-bond acceptors (Lipinski definition) is 2. The van der Waals surface area contributed by atoms with Crippen LogP contribution in [0.5, 0.6) is 0 Å². The van der Waals surface area contributed by atoms with Gasteiger partial charge in [-0.2, -0.15) is 0 Å². The molecular formula is C7H14O2. The lowest BCUT2D eigenvalue weighted by molar-refractivity contribution is -0.138. The zero-order valence-electron chi connectivity index (χ0n) is 5.23. The Morgan fingerprint density at radius 1 is 1.67 bits per heavy atom. The molecule has 0 aromatic heterocycles. The van der Waals surface area contributed by atoms with Crippen LogP contribution in [-0.2, 0) is 9.53 Å². The van der Waals surface area contributed by atoms with E-state index in [1.54, 1.807) is 13.8 Å². The van der Waals surface area contributed by atoms with Gasteiger partial charge in [-0.3, -0.25) is 0 Å². The SMILES string of the molecule is C=C(C)C(=O)OCC.[438CH4]. The van der Waals surface area contributed by atoms with Crippen LogP contribution < -0.4 is 0 Å².